The zero-order chi connectivity index (χ0) is 11.5. The minimum absolute atomic E-state index is 0.268. The molecule has 0 aliphatic carbocycles. The van der Waals surface area contributed by atoms with Crippen molar-refractivity contribution in [1.82, 2.24) is 0 Å². The summed E-state index contributed by atoms with van der Waals surface area (Å²) in [5.74, 6) is 0.908. The van der Waals surface area contributed by atoms with Crippen molar-refractivity contribution in [1.29, 1.82) is 0 Å². The Morgan fingerprint density at radius 1 is 1.35 bits per heavy atom. The van der Waals surface area contributed by atoms with E-state index in [2.05, 4.69) is 12.1 Å². The topological polar surface area (TPSA) is 27.7 Å². The van der Waals surface area contributed by atoms with Crippen LogP contribution in [0.4, 0.5) is 0 Å². The standard InChI is InChI=1S/C14H16O3/c1-2-14(16-6-1)10-17-13-4-3-12-9-15-7-5-11(12)8-13/h3-5,7-8,14H,1-2,6,9-10H2/t14-/m0/s1. The smallest absolute Gasteiger partial charge is 0.120 e. The van der Waals surface area contributed by atoms with E-state index in [1.54, 1.807) is 6.26 Å². The van der Waals surface area contributed by atoms with Gasteiger partial charge in [-0.1, -0.05) is 6.07 Å². The quantitative estimate of drug-likeness (QED) is 0.802. The van der Waals surface area contributed by atoms with Crippen molar-refractivity contribution < 1.29 is 14.2 Å². The molecule has 1 saturated heterocycles. The number of hydrogen-bond donors (Lipinski definition) is 0. The van der Waals surface area contributed by atoms with Crippen molar-refractivity contribution in [3.05, 3.63) is 35.6 Å². The van der Waals surface area contributed by atoms with Crippen LogP contribution in [0.1, 0.15) is 24.0 Å². The molecule has 3 rings (SSSR count). The third-order valence-corrected chi connectivity index (χ3v) is 3.16. The summed E-state index contributed by atoms with van der Waals surface area (Å²) in [6, 6.07) is 6.11. The number of fused-ring (bicyclic) bond motifs is 1. The zero-order valence-electron chi connectivity index (χ0n) is 9.72. The van der Waals surface area contributed by atoms with Gasteiger partial charge in [0, 0.05) is 6.61 Å². The summed E-state index contributed by atoms with van der Waals surface area (Å²) in [6.45, 7) is 2.18. The average Bonchev–Trinajstić information content (AvgIpc) is 2.89. The molecule has 1 aromatic rings. The Morgan fingerprint density at radius 2 is 2.35 bits per heavy atom. The lowest BCUT2D eigenvalue weighted by Crippen LogP contribution is -2.16. The van der Waals surface area contributed by atoms with Gasteiger partial charge in [-0.2, -0.15) is 0 Å². The predicted octanol–water partition coefficient (Wildman–Crippen LogP) is 2.75. The fourth-order valence-electron chi connectivity index (χ4n) is 2.17. The number of hydrogen-bond acceptors (Lipinski definition) is 3. The van der Waals surface area contributed by atoms with Gasteiger partial charge in [0.1, 0.15) is 19.0 Å². The molecular formula is C14H16O3. The number of rotatable bonds is 3. The van der Waals surface area contributed by atoms with Crippen molar-refractivity contribution in [3.63, 3.8) is 0 Å². The maximum atomic E-state index is 5.76. The van der Waals surface area contributed by atoms with Crippen molar-refractivity contribution in [2.75, 3.05) is 13.2 Å². The van der Waals surface area contributed by atoms with Crippen LogP contribution in [-0.4, -0.2) is 19.3 Å². The van der Waals surface area contributed by atoms with Gasteiger partial charge in [0.2, 0.25) is 0 Å². The first-order valence-corrected chi connectivity index (χ1v) is 6.07. The molecule has 1 atom stereocenters. The predicted molar refractivity (Wildman–Crippen MR) is 64.7 cm³/mol. The first-order valence-electron chi connectivity index (χ1n) is 6.07. The third kappa shape index (κ3) is 2.44. The van der Waals surface area contributed by atoms with Crippen LogP contribution in [-0.2, 0) is 16.1 Å². The van der Waals surface area contributed by atoms with Crippen molar-refractivity contribution in [2.45, 2.75) is 25.6 Å². The summed E-state index contributed by atoms with van der Waals surface area (Å²) in [7, 11) is 0. The van der Waals surface area contributed by atoms with Gasteiger partial charge in [0.25, 0.3) is 0 Å². The lowest BCUT2D eigenvalue weighted by atomic mass is 10.1. The molecule has 0 N–H and O–H groups in total. The summed E-state index contributed by atoms with van der Waals surface area (Å²) in [5, 5.41) is 0. The maximum absolute atomic E-state index is 5.76. The largest absolute Gasteiger partial charge is 0.496 e. The number of benzene rings is 1. The molecule has 2 aliphatic heterocycles. The van der Waals surface area contributed by atoms with Gasteiger partial charge >= 0.3 is 0 Å². The normalized spacial score (nSPS) is 22.0. The van der Waals surface area contributed by atoms with Crippen molar-refractivity contribution >= 4 is 6.08 Å². The second kappa shape index (κ2) is 4.80. The molecule has 0 amide bonds. The van der Waals surface area contributed by atoms with Gasteiger partial charge in [-0.05, 0) is 42.2 Å². The molecule has 1 aromatic carbocycles. The van der Waals surface area contributed by atoms with E-state index in [0.717, 1.165) is 25.2 Å². The van der Waals surface area contributed by atoms with E-state index in [0.29, 0.717) is 13.2 Å². The van der Waals surface area contributed by atoms with E-state index in [1.165, 1.54) is 11.1 Å². The molecule has 2 heterocycles. The zero-order valence-corrected chi connectivity index (χ0v) is 9.72. The molecule has 1 fully saturated rings. The Balaban J connectivity index is 1.65. The van der Waals surface area contributed by atoms with Gasteiger partial charge in [-0.3, -0.25) is 0 Å². The summed E-state index contributed by atoms with van der Waals surface area (Å²) < 4.78 is 16.5. The summed E-state index contributed by atoms with van der Waals surface area (Å²) in [6.07, 6.45) is 6.23. The Hall–Kier alpha value is -1.48. The Bertz CT molecular complexity index is 419. The van der Waals surface area contributed by atoms with E-state index in [9.17, 15) is 0 Å². The highest BCUT2D eigenvalue weighted by Crippen LogP contribution is 2.23. The first-order chi connectivity index (χ1) is 8.42. The Labute approximate surface area is 101 Å². The molecule has 0 unspecified atom stereocenters. The molecule has 17 heavy (non-hydrogen) atoms. The lowest BCUT2D eigenvalue weighted by Gasteiger charge is -2.15. The molecule has 3 nitrogen and oxygen atoms in total. The van der Waals surface area contributed by atoms with E-state index in [-0.39, 0.29) is 6.10 Å². The fourth-order valence-corrected chi connectivity index (χ4v) is 2.17. The Kier molecular flexibility index (Phi) is 3.01. The van der Waals surface area contributed by atoms with Crippen LogP contribution in [0.15, 0.2) is 24.5 Å². The van der Waals surface area contributed by atoms with Crippen LogP contribution >= 0.6 is 0 Å². The van der Waals surface area contributed by atoms with Crippen LogP contribution in [0.3, 0.4) is 0 Å². The fraction of sp³-hybridized carbons (Fsp3) is 0.429. The van der Waals surface area contributed by atoms with Crippen LogP contribution in [0.2, 0.25) is 0 Å². The van der Waals surface area contributed by atoms with Crippen LogP contribution in [0, 0.1) is 0 Å². The van der Waals surface area contributed by atoms with Gasteiger partial charge in [-0.25, -0.2) is 0 Å². The van der Waals surface area contributed by atoms with E-state index >= 15 is 0 Å². The minimum atomic E-state index is 0.268. The summed E-state index contributed by atoms with van der Waals surface area (Å²) in [5.41, 5.74) is 2.39. The van der Waals surface area contributed by atoms with Gasteiger partial charge in [-0.15, -0.1) is 0 Å². The Morgan fingerprint density at radius 3 is 3.24 bits per heavy atom. The van der Waals surface area contributed by atoms with Gasteiger partial charge in [0.15, 0.2) is 0 Å². The van der Waals surface area contributed by atoms with Crippen LogP contribution in [0.5, 0.6) is 5.75 Å². The second-order valence-electron chi connectivity index (χ2n) is 4.42. The SMILES string of the molecule is C1=Cc2cc(OC[C@@H]3CCCO3)ccc2CO1. The average molecular weight is 232 g/mol. The molecule has 90 valence electrons. The summed E-state index contributed by atoms with van der Waals surface area (Å²) in [4.78, 5) is 0. The monoisotopic (exact) mass is 232 g/mol. The summed E-state index contributed by atoms with van der Waals surface area (Å²) >= 11 is 0. The molecular weight excluding hydrogens is 216 g/mol. The second-order valence-corrected chi connectivity index (χ2v) is 4.42. The van der Waals surface area contributed by atoms with Gasteiger partial charge in [0.05, 0.1) is 12.4 Å². The third-order valence-electron chi connectivity index (χ3n) is 3.16. The van der Waals surface area contributed by atoms with Crippen molar-refractivity contribution in [2.24, 2.45) is 0 Å². The van der Waals surface area contributed by atoms with Crippen LogP contribution < -0.4 is 4.74 Å². The lowest BCUT2D eigenvalue weighted by molar-refractivity contribution is 0.0679. The first kappa shape index (κ1) is 10.7. The molecule has 0 spiro atoms. The molecule has 0 bridgehead atoms. The van der Waals surface area contributed by atoms with Crippen LogP contribution in [0.25, 0.3) is 6.08 Å². The highest BCUT2D eigenvalue weighted by atomic mass is 16.5. The highest BCUT2D eigenvalue weighted by Gasteiger charge is 2.16. The molecule has 0 aromatic heterocycles. The highest BCUT2D eigenvalue weighted by molar-refractivity contribution is 5.56. The maximum Gasteiger partial charge on any atom is 0.120 e. The van der Waals surface area contributed by atoms with Crippen molar-refractivity contribution in [3.8, 4) is 5.75 Å². The molecule has 2 aliphatic rings. The minimum Gasteiger partial charge on any atom is -0.496 e. The van der Waals surface area contributed by atoms with E-state index in [1.807, 2.05) is 12.1 Å². The van der Waals surface area contributed by atoms with Gasteiger partial charge < -0.3 is 14.2 Å². The van der Waals surface area contributed by atoms with E-state index < -0.39 is 0 Å². The number of ether oxygens (including phenoxy) is 3. The molecule has 3 heteroatoms. The molecule has 0 radical (unpaired) electrons. The molecule has 0 saturated carbocycles. The van der Waals surface area contributed by atoms with E-state index in [4.69, 9.17) is 14.2 Å².